The number of nitrogens with zero attached hydrogens (tertiary/aromatic N) is 1. The fourth-order valence-corrected chi connectivity index (χ4v) is 4.55. The lowest BCUT2D eigenvalue weighted by Gasteiger charge is -2.45. The predicted molar refractivity (Wildman–Crippen MR) is 71.9 cm³/mol. The van der Waals surface area contributed by atoms with Crippen LogP contribution in [0.2, 0.25) is 0 Å². The number of hydrogen-bond donors (Lipinski definition) is 1. The zero-order valence-electron chi connectivity index (χ0n) is 11.2. The Kier molecular flexibility index (Phi) is 3.45. The number of nitrogens with two attached hydrogens (primary N) is 1. The summed E-state index contributed by atoms with van der Waals surface area (Å²) in [6.45, 7) is 2.66. The molecule has 3 fully saturated rings. The largest absolute Gasteiger partial charge is 0.326 e. The molecule has 1 spiro atoms. The van der Waals surface area contributed by atoms with E-state index in [4.69, 9.17) is 5.73 Å². The van der Waals surface area contributed by atoms with Gasteiger partial charge in [-0.2, -0.15) is 0 Å². The van der Waals surface area contributed by atoms with Gasteiger partial charge in [-0.15, -0.1) is 0 Å². The summed E-state index contributed by atoms with van der Waals surface area (Å²) in [4.78, 5) is 2.73. The van der Waals surface area contributed by atoms with Crippen molar-refractivity contribution < 1.29 is 0 Å². The molecule has 2 saturated carbocycles. The van der Waals surface area contributed by atoms with E-state index in [0.29, 0.717) is 12.1 Å². The Bertz CT molecular complexity index is 248. The summed E-state index contributed by atoms with van der Waals surface area (Å²) in [6.07, 6.45) is 14.3. The van der Waals surface area contributed by atoms with E-state index in [2.05, 4.69) is 4.90 Å². The van der Waals surface area contributed by atoms with Crippen LogP contribution in [0, 0.1) is 5.41 Å². The second-order valence-corrected chi connectivity index (χ2v) is 6.76. The van der Waals surface area contributed by atoms with Crippen molar-refractivity contribution in [3.8, 4) is 0 Å². The Morgan fingerprint density at radius 1 is 0.824 bits per heavy atom. The van der Waals surface area contributed by atoms with Gasteiger partial charge in [-0.3, -0.25) is 4.90 Å². The highest BCUT2D eigenvalue weighted by atomic mass is 15.2. The van der Waals surface area contributed by atoms with Crippen LogP contribution in [-0.2, 0) is 0 Å². The Morgan fingerprint density at radius 2 is 1.47 bits per heavy atom. The first-order valence-corrected chi connectivity index (χ1v) is 7.79. The number of piperidine rings is 1. The van der Waals surface area contributed by atoms with Gasteiger partial charge in [-0.1, -0.05) is 25.7 Å². The highest BCUT2D eigenvalue weighted by Gasteiger charge is 2.39. The molecule has 1 aliphatic heterocycles. The first-order chi connectivity index (χ1) is 8.29. The minimum Gasteiger partial charge on any atom is -0.326 e. The first-order valence-electron chi connectivity index (χ1n) is 7.79. The van der Waals surface area contributed by atoms with Crippen LogP contribution in [0.25, 0.3) is 0 Å². The Hall–Kier alpha value is -0.0800. The molecule has 98 valence electrons. The number of hydrogen-bond acceptors (Lipinski definition) is 2. The topological polar surface area (TPSA) is 29.3 Å². The van der Waals surface area contributed by atoms with Crippen LogP contribution in [0.15, 0.2) is 0 Å². The maximum atomic E-state index is 6.31. The van der Waals surface area contributed by atoms with Gasteiger partial charge in [0.05, 0.1) is 0 Å². The molecule has 2 nitrogen and oxygen atoms in total. The summed E-state index contributed by atoms with van der Waals surface area (Å²) in [5.74, 6) is 0. The molecule has 0 radical (unpaired) electrons. The fraction of sp³-hybridized carbons (Fsp3) is 1.00. The van der Waals surface area contributed by atoms with E-state index >= 15 is 0 Å². The second-order valence-electron chi connectivity index (χ2n) is 6.76. The number of likely N-dealkylation sites (tertiary alicyclic amines) is 1. The Balaban J connectivity index is 1.57. The van der Waals surface area contributed by atoms with Gasteiger partial charge in [0, 0.05) is 12.1 Å². The van der Waals surface area contributed by atoms with E-state index in [9.17, 15) is 0 Å². The predicted octanol–water partition coefficient (Wildman–Crippen LogP) is 2.91. The molecule has 2 atom stereocenters. The molecule has 0 amide bonds. The zero-order valence-corrected chi connectivity index (χ0v) is 11.2. The van der Waals surface area contributed by atoms with Gasteiger partial charge in [-0.05, 0) is 57.0 Å². The van der Waals surface area contributed by atoms with Crippen LogP contribution < -0.4 is 5.73 Å². The van der Waals surface area contributed by atoms with Crippen molar-refractivity contribution in [1.82, 2.24) is 4.90 Å². The third kappa shape index (κ3) is 2.39. The highest BCUT2D eigenvalue weighted by molar-refractivity contribution is 4.94. The molecule has 1 heterocycles. The maximum Gasteiger partial charge on any atom is 0.0247 e. The van der Waals surface area contributed by atoms with Crippen LogP contribution in [-0.4, -0.2) is 30.1 Å². The monoisotopic (exact) mass is 236 g/mol. The molecular formula is C15H28N2. The molecule has 2 heteroatoms. The van der Waals surface area contributed by atoms with Gasteiger partial charge in [0.15, 0.2) is 0 Å². The van der Waals surface area contributed by atoms with Crippen LogP contribution in [0.5, 0.6) is 0 Å². The second kappa shape index (κ2) is 4.89. The van der Waals surface area contributed by atoms with Crippen LogP contribution in [0.1, 0.15) is 64.2 Å². The third-order valence-corrected chi connectivity index (χ3v) is 5.77. The quantitative estimate of drug-likeness (QED) is 0.758. The fourth-order valence-electron chi connectivity index (χ4n) is 4.55. The van der Waals surface area contributed by atoms with E-state index in [-0.39, 0.29) is 0 Å². The first kappa shape index (κ1) is 12.0. The summed E-state index contributed by atoms with van der Waals surface area (Å²) in [7, 11) is 0. The van der Waals surface area contributed by atoms with Crippen molar-refractivity contribution in [2.75, 3.05) is 13.1 Å². The maximum absolute atomic E-state index is 6.31. The summed E-state index contributed by atoms with van der Waals surface area (Å²) in [5, 5.41) is 0. The minimum absolute atomic E-state index is 0.460. The molecule has 1 saturated heterocycles. The van der Waals surface area contributed by atoms with Gasteiger partial charge in [-0.25, -0.2) is 0 Å². The summed E-state index contributed by atoms with van der Waals surface area (Å²) in [6, 6.07) is 1.17. The molecule has 0 bridgehead atoms. The van der Waals surface area contributed by atoms with E-state index in [1.807, 2.05) is 0 Å². The minimum atomic E-state index is 0.460. The lowest BCUT2D eigenvalue weighted by molar-refractivity contribution is 0.0532. The average molecular weight is 236 g/mol. The van der Waals surface area contributed by atoms with E-state index in [1.54, 1.807) is 0 Å². The Labute approximate surface area is 106 Å². The molecule has 3 rings (SSSR count). The van der Waals surface area contributed by atoms with E-state index < -0.39 is 0 Å². The molecule has 0 aromatic rings. The van der Waals surface area contributed by atoms with Crippen molar-refractivity contribution in [3.63, 3.8) is 0 Å². The van der Waals surface area contributed by atoms with Gasteiger partial charge >= 0.3 is 0 Å². The van der Waals surface area contributed by atoms with Gasteiger partial charge in [0.25, 0.3) is 0 Å². The van der Waals surface area contributed by atoms with Gasteiger partial charge in [0.2, 0.25) is 0 Å². The smallest absolute Gasteiger partial charge is 0.0247 e. The molecular weight excluding hydrogens is 208 g/mol. The normalized spacial score (nSPS) is 38.6. The van der Waals surface area contributed by atoms with Crippen molar-refractivity contribution in [3.05, 3.63) is 0 Å². The lowest BCUT2D eigenvalue weighted by Crippen LogP contribution is -2.53. The van der Waals surface area contributed by atoms with Crippen molar-refractivity contribution >= 4 is 0 Å². The van der Waals surface area contributed by atoms with E-state index in [0.717, 1.165) is 5.41 Å². The SMILES string of the molecule is NC1CCCCC1N1CCC2(CCCC2)CC1. The van der Waals surface area contributed by atoms with Crippen LogP contribution in [0.4, 0.5) is 0 Å². The standard InChI is InChI=1S/C15H28N2/c16-13-5-1-2-6-14(13)17-11-9-15(10-12-17)7-3-4-8-15/h13-14H,1-12,16H2. The lowest BCUT2D eigenvalue weighted by atomic mass is 9.76. The Morgan fingerprint density at radius 3 is 2.12 bits per heavy atom. The molecule has 0 aromatic heterocycles. The molecule has 2 unspecified atom stereocenters. The molecule has 17 heavy (non-hydrogen) atoms. The van der Waals surface area contributed by atoms with Crippen molar-refractivity contribution in [2.24, 2.45) is 11.1 Å². The average Bonchev–Trinajstić information content (AvgIpc) is 2.80. The number of rotatable bonds is 1. The van der Waals surface area contributed by atoms with Crippen LogP contribution in [0.3, 0.4) is 0 Å². The third-order valence-electron chi connectivity index (χ3n) is 5.77. The van der Waals surface area contributed by atoms with Crippen LogP contribution >= 0.6 is 0 Å². The molecule has 0 aromatic carbocycles. The van der Waals surface area contributed by atoms with Crippen molar-refractivity contribution in [2.45, 2.75) is 76.3 Å². The molecule has 2 N–H and O–H groups in total. The molecule has 2 aliphatic carbocycles. The summed E-state index contributed by atoms with van der Waals surface area (Å²) < 4.78 is 0. The molecule has 3 aliphatic rings. The van der Waals surface area contributed by atoms with Gasteiger partial charge in [0.1, 0.15) is 0 Å². The summed E-state index contributed by atoms with van der Waals surface area (Å²) in [5.41, 5.74) is 7.07. The zero-order chi connectivity index (χ0) is 11.7. The van der Waals surface area contributed by atoms with Gasteiger partial charge < -0.3 is 5.73 Å². The summed E-state index contributed by atoms with van der Waals surface area (Å²) >= 11 is 0. The van der Waals surface area contributed by atoms with Crippen molar-refractivity contribution in [1.29, 1.82) is 0 Å². The van der Waals surface area contributed by atoms with E-state index in [1.165, 1.54) is 77.3 Å². The highest BCUT2D eigenvalue weighted by Crippen LogP contribution is 2.46.